The topological polar surface area (TPSA) is 101 Å². The van der Waals surface area contributed by atoms with Crippen LogP contribution in [0.3, 0.4) is 0 Å². The molecule has 1 rings (SSSR count). The first-order valence-electron chi connectivity index (χ1n) is 7.63. The lowest BCUT2D eigenvalue weighted by atomic mass is 9.99. The number of hydrogen-bond donors (Lipinski definition) is 2. The average Bonchev–Trinajstić information content (AvgIpc) is 2.51. The highest BCUT2D eigenvalue weighted by atomic mass is 16.5. The maximum atomic E-state index is 11.9. The summed E-state index contributed by atoms with van der Waals surface area (Å²) in [6.07, 6.45) is 3.12. The van der Waals surface area contributed by atoms with Crippen molar-refractivity contribution in [1.82, 2.24) is 0 Å². The van der Waals surface area contributed by atoms with Gasteiger partial charge in [0, 0.05) is 6.42 Å². The van der Waals surface area contributed by atoms with E-state index in [-0.39, 0.29) is 24.2 Å². The zero-order valence-electron chi connectivity index (χ0n) is 13.2. The van der Waals surface area contributed by atoms with Crippen LogP contribution in [0.25, 0.3) is 0 Å². The number of ether oxygens (including phenoxy) is 1. The quantitative estimate of drug-likeness (QED) is 0.506. The maximum absolute atomic E-state index is 11.9. The van der Waals surface area contributed by atoms with E-state index >= 15 is 0 Å². The van der Waals surface area contributed by atoms with Crippen LogP contribution in [0.5, 0.6) is 0 Å². The second kappa shape index (κ2) is 9.61. The average molecular weight is 322 g/mol. The molecule has 6 heteroatoms. The maximum Gasteiger partial charge on any atom is 0.339 e. The van der Waals surface area contributed by atoms with Crippen molar-refractivity contribution in [1.29, 1.82) is 0 Å². The molecule has 1 aromatic carbocycles. The summed E-state index contributed by atoms with van der Waals surface area (Å²) in [5, 5.41) is 17.6. The molecule has 0 aliphatic heterocycles. The van der Waals surface area contributed by atoms with Gasteiger partial charge in [0.2, 0.25) is 0 Å². The second-order valence-corrected chi connectivity index (χ2v) is 5.52. The van der Waals surface area contributed by atoms with E-state index in [1.54, 1.807) is 12.1 Å². The number of carbonyl (C=O) groups excluding carboxylic acids is 1. The highest BCUT2D eigenvalue weighted by molar-refractivity contribution is 6.02. The van der Waals surface area contributed by atoms with Gasteiger partial charge < -0.3 is 14.9 Å². The summed E-state index contributed by atoms with van der Waals surface area (Å²) in [5.41, 5.74) is -0.0194. The molecule has 0 aliphatic carbocycles. The number of rotatable bonds is 10. The van der Waals surface area contributed by atoms with Gasteiger partial charge in [0.1, 0.15) is 0 Å². The number of aliphatic carboxylic acids is 1. The molecule has 0 saturated heterocycles. The predicted octanol–water partition coefficient (Wildman–Crippen LogP) is 3.21. The summed E-state index contributed by atoms with van der Waals surface area (Å²) in [7, 11) is 0. The molecule has 0 amide bonds. The molecule has 0 fully saturated rings. The highest BCUT2D eigenvalue weighted by Gasteiger charge is 2.16. The Morgan fingerprint density at radius 1 is 1.04 bits per heavy atom. The first kappa shape index (κ1) is 18.7. The predicted molar refractivity (Wildman–Crippen MR) is 83.6 cm³/mol. The van der Waals surface area contributed by atoms with Crippen LogP contribution in [0.1, 0.15) is 59.7 Å². The molecule has 0 spiro atoms. The minimum atomic E-state index is -1.16. The summed E-state index contributed by atoms with van der Waals surface area (Å²) in [5.74, 6) is -2.23. The number of esters is 1. The lowest BCUT2D eigenvalue weighted by Crippen LogP contribution is -2.12. The normalized spacial score (nSPS) is 11.7. The van der Waals surface area contributed by atoms with Crippen molar-refractivity contribution in [2.24, 2.45) is 5.92 Å². The molecule has 0 aromatic heterocycles. The molecule has 1 atom stereocenters. The van der Waals surface area contributed by atoms with Crippen molar-refractivity contribution < 1.29 is 29.3 Å². The Morgan fingerprint density at radius 2 is 1.65 bits per heavy atom. The fraction of sp³-hybridized carbons (Fsp3) is 0.471. The molecular formula is C17H22O6. The monoisotopic (exact) mass is 322 g/mol. The Morgan fingerprint density at radius 3 is 2.26 bits per heavy atom. The molecule has 0 aliphatic rings. The second-order valence-electron chi connectivity index (χ2n) is 5.52. The van der Waals surface area contributed by atoms with E-state index in [0.717, 1.165) is 12.8 Å². The van der Waals surface area contributed by atoms with Gasteiger partial charge in [0.15, 0.2) is 0 Å². The molecule has 6 nitrogen and oxygen atoms in total. The van der Waals surface area contributed by atoms with Crippen LogP contribution in [0.2, 0.25) is 0 Å². The molecule has 0 bridgehead atoms. The fourth-order valence-corrected chi connectivity index (χ4v) is 2.27. The van der Waals surface area contributed by atoms with Crippen LogP contribution in [0, 0.1) is 5.92 Å². The molecule has 23 heavy (non-hydrogen) atoms. The van der Waals surface area contributed by atoms with Crippen molar-refractivity contribution in [2.75, 3.05) is 6.61 Å². The summed E-state index contributed by atoms with van der Waals surface area (Å²) >= 11 is 0. The first-order chi connectivity index (χ1) is 10.9. The third kappa shape index (κ3) is 6.95. The van der Waals surface area contributed by atoms with E-state index in [1.807, 2.05) is 6.92 Å². The van der Waals surface area contributed by atoms with Gasteiger partial charge >= 0.3 is 17.9 Å². The van der Waals surface area contributed by atoms with Gasteiger partial charge in [-0.2, -0.15) is 0 Å². The van der Waals surface area contributed by atoms with Crippen molar-refractivity contribution >= 4 is 17.9 Å². The number of benzene rings is 1. The van der Waals surface area contributed by atoms with E-state index in [4.69, 9.17) is 14.9 Å². The van der Waals surface area contributed by atoms with Crippen LogP contribution < -0.4 is 0 Å². The molecule has 0 heterocycles. The van der Waals surface area contributed by atoms with E-state index in [2.05, 4.69) is 0 Å². The third-order valence-electron chi connectivity index (χ3n) is 3.54. The lowest BCUT2D eigenvalue weighted by Gasteiger charge is -2.11. The number of aromatic carboxylic acids is 1. The van der Waals surface area contributed by atoms with Gasteiger partial charge in [-0.05, 0) is 37.3 Å². The largest absolute Gasteiger partial charge is 0.481 e. The molecule has 1 aromatic rings. The van der Waals surface area contributed by atoms with Crippen LogP contribution in [0.15, 0.2) is 24.3 Å². The number of carbonyl (C=O) groups is 3. The van der Waals surface area contributed by atoms with E-state index in [0.29, 0.717) is 18.8 Å². The minimum Gasteiger partial charge on any atom is -0.481 e. The van der Waals surface area contributed by atoms with Crippen LogP contribution >= 0.6 is 0 Å². The Labute approximate surface area is 135 Å². The van der Waals surface area contributed by atoms with Gasteiger partial charge in [0.25, 0.3) is 0 Å². The Hall–Kier alpha value is -2.37. The number of carboxylic acid groups (broad SMARTS) is 2. The molecule has 2 N–H and O–H groups in total. The zero-order valence-corrected chi connectivity index (χ0v) is 13.2. The Kier molecular flexibility index (Phi) is 7.80. The summed E-state index contributed by atoms with van der Waals surface area (Å²) < 4.78 is 5.12. The minimum absolute atomic E-state index is 0.0505. The van der Waals surface area contributed by atoms with Gasteiger partial charge in [-0.25, -0.2) is 9.59 Å². The summed E-state index contributed by atoms with van der Waals surface area (Å²) in [6.45, 7) is 2.25. The molecule has 126 valence electrons. The molecule has 0 radical (unpaired) electrons. The SMILES string of the molecule is CC(CCCOC(=O)c1ccccc1C(=O)O)CCCC(=O)O. The van der Waals surface area contributed by atoms with Gasteiger partial charge in [-0.3, -0.25) is 4.79 Å². The molecular weight excluding hydrogens is 300 g/mol. The summed E-state index contributed by atoms with van der Waals surface area (Å²) in [4.78, 5) is 33.4. The van der Waals surface area contributed by atoms with E-state index < -0.39 is 17.9 Å². The molecule has 0 saturated carbocycles. The van der Waals surface area contributed by atoms with Gasteiger partial charge in [-0.15, -0.1) is 0 Å². The van der Waals surface area contributed by atoms with Crippen LogP contribution in [0.4, 0.5) is 0 Å². The Bertz CT molecular complexity index is 552. The molecule has 1 unspecified atom stereocenters. The zero-order chi connectivity index (χ0) is 17.2. The standard InChI is InChI=1S/C17H22O6/c1-12(6-4-10-15(18)19)7-5-11-23-17(22)14-9-3-2-8-13(14)16(20)21/h2-3,8-9,12H,4-7,10-11H2,1H3,(H,18,19)(H,20,21). The van der Waals surface area contributed by atoms with E-state index in [1.165, 1.54) is 12.1 Å². The first-order valence-corrected chi connectivity index (χ1v) is 7.63. The smallest absolute Gasteiger partial charge is 0.339 e. The van der Waals surface area contributed by atoms with Crippen molar-refractivity contribution in [3.05, 3.63) is 35.4 Å². The lowest BCUT2D eigenvalue weighted by molar-refractivity contribution is -0.137. The van der Waals surface area contributed by atoms with Gasteiger partial charge in [-0.1, -0.05) is 25.5 Å². The van der Waals surface area contributed by atoms with Crippen molar-refractivity contribution in [3.63, 3.8) is 0 Å². The highest BCUT2D eigenvalue weighted by Crippen LogP contribution is 2.15. The van der Waals surface area contributed by atoms with Gasteiger partial charge in [0.05, 0.1) is 17.7 Å². The van der Waals surface area contributed by atoms with Crippen molar-refractivity contribution in [2.45, 2.75) is 39.0 Å². The third-order valence-corrected chi connectivity index (χ3v) is 3.54. The van der Waals surface area contributed by atoms with Crippen molar-refractivity contribution in [3.8, 4) is 0 Å². The van der Waals surface area contributed by atoms with Crippen LogP contribution in [-0.4, -0.2) is 34.7 Å². The van der Waals surface area contributed by atoms with E-state index in [9.17, 15) is 14.4 Å². The number of carboxylic acids is 2. The number of hydrogen-bond acceptors (Lipinski definition) is 4. The summed E-state index contributed by atoms with van der Waals surface area (Å²) in [6, 6.07) is 5.94. The fourth-order valence-electron chi connectivity index (χ4n) is 2.27. The Balaban J connectivity index is 2.32. The van der Waals surface area contributed by atoms with Crippen LogP contribution in [-0.2, 0) is 9.53 Å².